The third-order valence-electron chi connectivity index (χ3n) is 6.91. The van der Waals surface area contributed by atoms with E-state index in [0.717, 1.165) is 19.0 Å². The lowest BCUT2D eigenvalue weighted by atomic mass is 9.97. The maximum Gasteiger partial charge on any atom is 0.416 e. The minimum absolute atomic E-state index is 0.146. The molecular formula is C27H27F3N8O2. The fraction of sp³-hybridized carbons (Fsp3) is 0.333. The molecule has 13 heteroatoms. The monoisotopic (exact) mass is 552 g/mol. The Balaban J connectivity index is 1.46. The first-order valence-corrected chi connectivity index (χ1v) is 12.6. The van der Waals surface area contributed by atoms with Gasteiger partial charge in [0.25, 0.3) is 0 Å². The Kier molecular flexibility index (Phi) is 7.12. The van der Waals surface area contributed by atoms with Gasteiger partial charge in [-0.3, -0.25) is 9.69 Å². The molecule has 2 unspecified atom stereocenters. The minimum atomic E-state index is -4.53. The van der Waals surface area contributed by atoms with Gasteiger partial charge in [-0.25, -0.2) is 4.98 Å². The van der Waals surface area contributed by atoms with Gasteiger partial charge in [0.05, 0.1) is 11.8 Å². The summed E-state index contributed by atoms with van der Waals surface area (Å²) in [6.45, 7) is 2.14. The van der Waals surface area contributed by atoms with Crippen LogP contribution in [0.4, 0.5) is 24.8 Å². The Morgan fingerprint density at radius 3 is 2.77 bits per heavy atom. The molecule has 2 aliphatic rings. The van der Waals surface area contributed by atoms with E-state index in [1.165, 1.54) is 19.2 Å². The molecule has 4 heterocycles. The molecule has 1 aromatic carbocycles. The second-order valence-corrected chi connectivity index (χ2v) is 9.69. The van der Waals surface area contributed by atoms with Crippen LogP contribution in [0.5, 0.6) is 5.75 Å². The van der Waals surface area contributed by atoms with Crippen LogP contribution in [0.25, 0.3) is 11.2 Å². The molecule has 0 bridgehead atoms. The van der Waals surface area contributed by atoms with Gasteiger partial charge in [0, 0.05) is 38.0 Å². The predicted octanol–water partition coefficient (Wildman–Crippen LogP) is 4.21. The molecule has 3 N–H and O–H groups in total. The number of hydrogen-bond acceptors (Lipinski definition) is 8. The van der Waals surface area contributed by atoms with Crippen molar-refractivity contribution < 1.29 is 22.7 Å². The summed E-state index contributed by atoms with van der Waals surface area (Å²) >= 11 is 0. The number of benzene rings is 1. The number of likely N-dealkylation sites (tertiary alicyclic amines) is 1. The van der Waals surface area contributed by atoms with Crippen LogP contribution < -0.4 is 20.7 Å². The van der Waals surface area contributed by atoms with Crippen LogP contribution in [0.3, 0.4) is 0 Å². The van der Waals surface area contributed by atoms with Gasteiger partial charge in [0.1, 0.15) is 29.1 Å². The Bertz CT molecular complexity index is 1570. The number of amides is 1. The van der Waals surface area contributed by atoms with Gasteiger partial charge in [-0.05, 0) is 50.2 Å². The Morgan fingerprint density at radius 2 is 2.10 bits per heavy atom. The molecular weight excluding hydrogens is 525 g/mol. The van der Waals surface area contributed by atoms with E-state index in [0.29, 0.717) is 17.7 Å². The number of dihydropyridines is 1. The summed E-state index contributed by atoms with van der Waals surface area (Å²) in [6.07, 6.45) is 2.72. The molecule has 1 saturated heterocycles. The first kappa shape index (κ1) is 27.0. The van der Waals surface area contributed by atoms with Crippen LogP contribution in [-0.2, 0) is 18.0 Å². The number of ether oxygens (including phenoxy) is 1. The molecule has 208 valence electrons. The number of aromatic nitrogens is 3. The molecule has 2 aromatic heterocycles. The number of nitrogens with one attached hydrogen (secondary N) is 3. The number of carbonyl (C=O) groups is 1. The highest BCUT2D eigenvalue weighted by Gasteiger charge is 2.37. The van der Waals surface area contributed by atoms with Crippen molar-refractivity contribution in [3.8, 4) is 11.8 Å². The molecule has 0 saturated carbocycles. The van der Waals surface area contributed by atoms with Crippen LogP contribution in [0.1, 0.15) is 42.5 Å². The van der Waals surface area contributed by atoms with Gasteiger partial charge in [-0.2, -0.15) is 23.4 Å². The quantitative estimate of drug-likeness (QED) is 0.416. The highest BCUT2D eigenvalue weighted by molar-refractivity contribution is 5.84. The second kappa shape index (κ2) is 10.5. The van der Waals surface area contributed by atoms with Crippen LogP contribution >= 0.6 is 0 Å². The van der Waals surface area contributed by atoms with E-state index >= 15 is 0 Å². The van der Waals surface area contributed by atoms with Gasteiger partial charge in [-0.15, -0.1) is 0 Å². The number of fused-ring (bicyclic) bond motifs is 1. The summed E-state index contributed by atoms with van der Waals surface area (Å²) in [6, 6.07) is 6.03. The Morgan fingerprint density at radius 1 is 1.30 bits per heavy atom. The van der Waals surface area contributed by atoms with Crippen molar-refractivity contribution >= 4 is 28.7 Å². The molecule has 40 heavy (non-hydrogen) atoms. The highest BCUT2D eigenvalue weighted by atomic mass is 19.4. The van der Waals surface area contributed by atoms with Crippen molar-refractivity contribution in [2.75, 3.05) is 18.9 Å². The number of carbonyl (C=O) groups excluding carboxylic acids is 1. The van der Waals surface area contributed by atoms with Crippen molar-refractivity contribution in [3.05, 3.63) is 65.2 Å². The number of anilines is 2. The van der Waals surface area contributed by atoms with Crippen molar-refractivity contribution in [2.24, 2.45) is 7.05 Å². The van der Waals surface area contributed by atoms with Gasteiger partial charge >= 0.3 is 6.18 Å². The van der Waals surface area contributed by atoms with Gasteiger partial charge in [-0.1, -0.05) is 6.07 Å². The first-order chi connectivity index (χ1) is 19.0. The number of nitriles is 1. The van der Waals surface area contributed by atoms with Gasteiger partial charge in [0.2, 0.25) is 11.9 Å². The summed E-state index contributed by atoms with van der Waals surface area (Å²) < 4.78 is 49.6. The van der Waals surface area contributed by atoms with Crippen molar-refractivity contribution in [3.63, 3.8) is 0 Å². The van der Waals surface area contributed by atoms with Crippen molar-refractivity contribution in [2.45, 2.75) is 38.1 Å². The molecule has 2 atom stereocenters. The lowest BCUT2D eigenvalue weighted by molar-refractivity contribution is -0.138. The number of allylic oxidation sites excluding steroid dienone is 1. The van der Waals surface area contributed by atoms with Crippen molar-refractivity contribution in [1.82, 2.24) is 30.1 Å². The summed E-state index contributed by atoms with van der Waals surface area (Å²) in [4.78, 5) is 22.0. The molecule has 3 aromatic rings. The van der Waals surface area contributed by atoms with E-state index in [1.54, 1.807) is 36.0 Å². The summed E-state index contributed by atoms with van der Waals surface area (Å²) in [7, 11) is 3.47. The molecule has 5 rings (SSSR count). The lowest BCUT2D eigenvalue weighted by Gasteiger charge is -2.24. The van der Waals surface area contributed by atoms with Gasteiger partial charge in [0.15, 0.2) is 11.4 Å². The maximum absolute atomic E-state index is 14.1. The highest BCUT2D eigenvalue weighted by Crippen LogP contribution is 2.41. The van der Waals surface area contributed by atoms with E-state index in [-0.39, 0.29) is 46.1 Å². The summed E-state index contributed by atoms with van der Waals surface area (Å²) in [5, 5.41) is 18.6. The topological polar surface area (TPSA) is 120 Å². The third kappa shape index (κ3) is 5.30. The number of imidazole rings is 1. The summed E-state index contributed by atoms with van der Waals surface area (Å²) in [5.74, 6) is 0.514. The SMILES string of the molecule is CC(=O)NC1C=C(Oc2cnc3nc(Nc4ccc(C5CCCN5C)c(C(F)(F)F)c4)n(C)c3c2C#N)C=CN1. The number of nitrogens with zero attached hydrogens (tertiary/aromatic N) is 5. The minimum Gasteiger partial charge on any atom is -0.454 e. The van der Waals surface area contributed by atoms with Crippen LogP contribution in [0.15, 0.2) is 48.5 Å². The standard InChI is InChI=1S/C27H27F3N8O2/c1-15(39)34-23-12-17(8-9-32-23)40-22-14-33-25-24(19(22)13-31)38(3)26(36-25)35-16-6-7-18(20(11-16)27(28,29)30)21-5-4-10-37(21)2/h6-9,11-12,14,21,23,32H,4-5,10H2,1-3H3,(H,34,39)(H,33,35,36). The van der Waals surface area contributed by atoms with E-state index in [4.69, 9.17) is 4.74 Å². The fourth-order valence-electron chi connectivity index (χ4n) is 5.05. The number of rotatable bonds is 6. The van der Waals surface area contributed by atoms with E-state index < -0.39 is 17.9 Å². The zero-order chi connectivity index (χ0) is 28.6. The number of pyridine rings is 1. The largest absolute Gasteiger partial charge is 0.454 e. The molecule has 0 radical (unpaired) electrons. The zero-order valence-corrected chi connectivity index (χ0v) is 22.0. The molecule has 2 aliphatic heterocycles. The third-order valence-corrected chi connectivity index (χ3v) is 6.91. The van der Waals surface area contributed by atoms with Gasteiger partial charge < -0.3 is 25.3 Å². The Hall–Kier alpha value is -4.57. The van der Waals surface area contributed by atoms with Crippen LogP contribution in [0.2, 0.25) is 0 Å². The summed E-state index contributed by atoms with van der Waals surface area (Å²) in [5.41, 5.74) is 0.481. The molecule has 0 spiro atoms. The van der Waals surface area contributed by atoms with Crippen molar-refractivity contribution in [1.29, 1.82) is 5.26 Å². The average Bonchev–Trinajstić information content (AvgIpc) is 3.46. The first-order valence-electron chi connectivity index (χ1n) is 12.6. The second-order valence-electron chi connectivity index (χ2n) is 9.69. The number of alkyl halides is 3. The smallest absolute Gasteiger partial charge is 0.416 e. The molecule has 1 amide bonds. The molecule has 0 aliphatic carbocycles. The van der Waals surface area contributed by atoms with Crippen LogP contribution in [0, 0.1) is 11.3 Å². The number of halogens is 3. The molecule has 1 fully saturated rings. The fourth-order valence-corrected chi connectivity index (χ4v) is 5.05. The Labute approximate surface area is 228 Å². The number of hydrogen-bond donors (Lipinski definition) is 3. The predicted molar refractivity (Wildman–Crippen MR) is 141 cm³/mol. The number of aryl methyl sites for hydroxylation is 1. The van der Waals surface area contributed by atoms with E-state index in [1.807, 2.05) is 11.9 Å². The van der Waals surface area contributed by atoms with Crippen LogP contribution in [-0.4, -0.2) is 45.1 Å². The average molecular weight is 553 g/mol. The zero-order valence-electron chi connectivity index (χ0n) is 22.0. The normalized spacial score (nSPS) is 19.2. The molecule has 10 nitrogen and oxygen atoms in total. The maximum atomic E-state index is 14.1. The lowest BCUT2D eigenvalue weighted by Crippen LogP contribution is -2.42. The van der Waals surface area contributed by atoms with E-state index in [9.17, 15) is 23.2 Å². The van der Waals surface area contributed by atoms with E-state index in [2.05, 4.69) is 32.0 Å².